The molecular formula is C37H51FN6O3S. The quantitative estimate of drug-likeness (QED) is 0.171. The Morgan fingerprint density at radius 1 is 1.00 bits per heavy atom. The number of hydrogen-bond acceptors (Lipinski definition) is 8. The molecule has 260 valence electrons. The van der Waals surface area contributed by atoms with Gasteiger partial charge >= 0.3 is 6.09 Å². The van der Waals surface area contributed by atoms with Gasteiger partial charge in [0.2, 0.25) is 5.95 Å². The average molecular weight is 679 g/mol. The molecule has 0 bridgehead atoms. The Kier molecular flexibility index (Phi) is 11.8. The number of carbonyl (C=O) groups is 2. The summed E-state index contributed by atoms with van der Waals surface area (Å²) < 4.78 is 23.0. The summed E-state index contributed by atoms with van der Waals surface area (Å²) in [4.78, 5) is 41.0. The molecule has 48 heavy (non-hydrogen) atoms. The number of amides is 2. The normalized spacial score (nSPS) is 16.3. The highest BCUT2D eigenvalue weighted by atomic mass is 32.2. The van der Waals surface area contributed by atoms with Crippen LogP contribution in [-0.4, -0.2) is 50.5 Å². The molecule has 2 amide bonds. The van der Waals surface area contributed by atoms with Crippen molar-refractivity contribution in [3.63, 3.8) is 0 Å². The highest BCUT2D eigenvalue weighted by Gasteiger charge is 2.29. The summed E-state index contributed by atoms with van der Waals surface area (Å²) in [6.45, 7) is 19.3. The monoisotopic (exact) mass is 678 g/mol. The number of nitrogens with zero attached hydrogens (tertiary/aromatic N) is 4. The second-order valence-corrected chi connectivity index (χ2v) is 16.4. The van der Waals surface area contributed by atoms with E-state index in [1.165, 1.54) is 6.07 Å². The van der Waals surface area contributed by atoms with Gasteiger partial charge in [0.1, 0.15) is 16.4 Å². The van der Waals surface area contributed by atoms with Gasteiger partial charge in [-0.3, -0.25) is 14.5 Å². The van der Waals surface area contributed by atoms with E-state index in [2.05, 4.69) is 47.9 Å². The van der Waals surface area contributed by atoms with Crippen LogP contribution in [0.1, 0.15) is 121 Å². The molecule has 0 saturated carbocycles. The van der Waals surface area contributed by atoms with E-state index in [0.717, 1.165) is 48.9 Å². The molecule has 1 aliphatic rings. The van der Waals surface area contributed by atoms with E-state index < -0.39 is 17.5 Å². The van der Waals surface area contributed by atoms with Gasteiger partial charge in [-0.25, -0.2) is 14.8 Å². The lowest BCUT2D eigenvalue weighted by molar-refractivity contribution is 0.0160. The third-order valence-electron chi connectivity index (χ3n) is 8.20. The summed E-state index contributed by atoms with van der Waals surface area (Å²) in [6, 6.07) is 12.7. The fraction of sp³-hybridized carbons (Fsp3) is 0.541. The lowest BCUT2D eigenvalue weighted by Crippen LogP contribution is -2.43. The van der Waals surface area contributed by atoms with Crippen LogP contribution in [0.25, 0.3) is 0 Å². The van der Waals surface area contributed by atoms with Crippen LogP contribution in [0.5, 0.6) is 0 Å². The van der Waals surface area contributed by atoms with Crippen molar-refractivity contribution < 1.29 is 18.7 Å². The third kappa shape index (κ3) is 10.6. The van der Waals surface area contributed by atoms with Crippen molar-refractivity contribution in [3.05, 3.63) is 77.1 Å². The second kappa shape index (κ2) is 15.2. The van der Waals surface area contributed by atoms with Crippen molar-refractivity contribution in [1.82, 2.24) is 24.6 Å². The van der Waals surface area contributed by atoms with Crippen molar-refractivity contribution in [2.75, 3.05) is 18.4 Å². The molecule has 2 unspecified atom stereocenters. The van der Waals surface area contributed by atoms with Gasteiger partial charge in [-0.15, -0.1) is 0 Å². The fourth-order valence-electron chi connectivity index (χ4n) is 5.45. The van der Waals surface area contributed by atoms with Crippen molar-refractivity contribution in [2.24, 2.45) is 5.92 Å². The Labute approximate surface area is 289 Å². The van der Waals surface area contributed by atoms with E-state index in [9.17, 15) is 14.0 Å². The molecule has 11 heteroatoms. The summed E-state index contributed by atoms with van der Waals surface area (Å²) in [7, 11) is 0. The molecule has 0 spiro atoms. The largest absolute Gasteiger partial charge is 0.444 e. The van der Waals surface area contributed by atoms with Gasteiger partial charge in [0.05, 0.1) is 17.3 Å². The van der Waals surface area contributed by atoms with Crippen molar-refractivity contribution in [1.29, 1.82) is 0 Å². The Hall–Kier alpha value is -3.73. The number of ether oxygens (including phenoxy) is 1. The van der Waals surface area contributed by atoms with Crippen molar-refractivity contribution in [3.8, 4) is 0 Å². The molecule has 4 heterocycles. The Morgan fingerprint density at radius 2 is 1.75 bits per heavy atom. The molecule has 3 aromatic rings. The van der Waals surface area contributed by atoms with Gasteiger partial charge in [0.25, 0.3) is 5.91 Å². The summed E-state index contributed by atoms with van der Waals surface area (Å²) in [6.07, 6.45) is 5.33. The SMILES string of the molecule is CC(C)(C)OC(=O)N1CCCC(CCC(Nc2cccc(SNC(=O)c3ccc(C(C)(C)C)nc3F)n2)c2ccc(C(C)(C)C)cn2)C1. The van der Waals surface area contributed by atoms with E-state index in [1.807, 2.05) is 64.8 Å². The zero-order valence-electron chi connectivity index (χ0n) is 29.8. The second-order valence-electron chi connectivity index (χ2n) is 15.6. The predicted molar refractivity (Wildman–Crippen MR) is 190 cm³/mol. The van der Waals surface area contributed by atoms with E-state index in [4.69, 9.17) is 14.7 Å². The summed E-state index contributed by atoms with van der Waals surface area (Å²) >= 11 is 1.02. The number of aromatic nitrogens is 3. The van der Waals surface area contributed by atoms with Gasteiger partial charge in [0.15, 0.2) is 0 Å². The molecule has 1 aliphatic heterocycles. The van der Waals surface area contributed by atoms with Crippen LogP contribution in [0.3, 0.4) is 0 Å². The fourth-order valence-corrected chi connectivity index (χ4v) is 6.05. The number of likely N-dealkylation sites (tertiary alicyclic amines) is 1. The first kappa shape index (κ1) is 37.1. The average Bonchev–Trinajstić information content (AvgIpc) is 3.00. The van der Waals surface area contributed by atoms with Crippen LogP contribution in [0.2, 0.25) is 0 Å². The first-order chi connectivity index (χ1) is 22.4. The number of nitrogens with one attached hydrogen (secondary N) is 2. The highest BCUT2D eigenvalue weighted by molar-refractivity contribution is 7.97. The zero-order valence-corrected chi connectivity index (χ0v) is 30.6. The van der Waals surface area contributed by atoms with Gasteiger partial charge in [0, 0.05) is 42.3 Å². The minimum Gasteiger partial charge on any atom is -0.444 e. The molecule has 2 atom stereocenters. The zero-order chi connectivity index (χ0) is 35.3. The molecule has 2 N–H and O–H groups in total. The minimum atomic E-state index is -0.802. The number of hydrogen-bond donors (Lipinski definition) is 2. The lowest BCUT2D eigenvalue weighted by atomic mass is 9.87. The first-order valence-electron chi connectivity index (χ1n) is 16.7. The highest BCUT2D eigenvalue weighted by Crippen LogP contribution is 2.30. The van der Waals surface area contributed by atoms with Crippen LogP contribution >= 0.6 is 11.9 Å². The molecule has 1 saturated heterocycles. The predicted octanol–water partition coefficient (Wildman–Crippen LogP) is 8.62. The number of rotatable bonds is 9. The molecule has 0 aliphatic carbocycles. The molecule has 0 aromatic carbocycles. The van der Waals surface area contributed by atoms with Crippen molar-refractivity contribution >= 4 is 29.8 Å². The van der Waals surface area contributed by atoms with Crippen LogP contribution in [0.15, 0.2) is 53.7 Å². The molecular weight excluding hydrogens is 628 g/mol. The third-order valence-corrected chi connectivity index (χ3v) is 8.92. The van der Waals surface area contributed by atoms with Crippen LogP contribution in [0.4, 0.5) is 15.0 Å². The van der Waals surface area contributed by atoms with E-state index in [-0.39, 0.29) is 28.5 Å². The number of halogens is 1. The Morgan fingerprint density at radius 3 is 2.38 bits per heavy atom. The number of pyridine rings is 3. The van der Waals surface area contributed by atoms with Gasteiger partial charge in [-0.1, -0.05) is 53.7 Å². The summed E-state index contributed by atoms with van der Waals surface area (Å²) in [5.74, 6) is -0.423. The standard InChI is InChI=1S/C37H51FN6O3S/c1-35(2,3)25-16-19-27(39-22-25)28(18-15-24-12-11-21-44(23-24)34(46)47-37(7,8)9)40-30-13-10-14-31(42-30)48-43-33(45)26-17-20-29(36(4,5)6)41-32(26)38/h10,13-14,16-17,19-20,22,24,28H,11-12,15,18,21,23H2,1-9H3,(H,40,42)(H,43,45). The van der Waals surface area contributed by atoms with Crippen LogP contribution < -0.4 is 10.0 Å². The van der Waals surface area contributed by atoms with E-state index >= 15 is 0 Å². The smallest absolute Gasteiger partial charge is 0.410 e. The minimum absolute atomic E-state index is 0.0210. The maximum atomic E-state index is 14.7. The summed E-state index contributed by atoms with van der Waals surface area (Å²) in [5.41, 5.74) is 1.62. The van der Waals surface area contributed by atoms with Gasteiger partial charge in [-0.05, 0) is 93.7 Å². The number of piperidine rings is 1. The van der Waals surface area contributed by atoms with Gasteiger partial charge < -0.3 is 15.0 Å². The van der Waals surface area contributed by atoms with Crippen LogP contribution in [-0.2, 0) is 15.6 Å². The topological polar surface area (TPSA) is 109 Å². The summed E-state index contributed by atoms with van der Waals surface area (Å²) in [5, 5.41) is 4.12. The Balaban J connectivity index is 1.46. The molecule has 1 fully saturated rings. The Bertz CT molecular complexity index is 1560. The molecule has 0 radical (unpaired) electrons. The molecule has 4 rings (SSSR count). The lowest BCUT2D eigenvalue weighted by Gasteiger charge is -2.34. The maximum Gasteiger partial charge on any atom is 0.410 e. The maximum absolute atomic E-state index is 14.7. The number of carbonyl (C=O) groups excluding carboxylic acids is 2. The van der Waals surface area contributed by atoms with E-state index in [1.54, 1.807) is 12.1 Å². The number of anilines is 1. The van der Waals surface area contributed by atoms with E-state index in [0.29, 0.717) is 35.5 Å². The van der Waals surface area contributed by atoms with Crippen molar-refractivity contribution in [2.45, 2.75) is 115 Å². The first-order valence-corrected chi connectivity index (χ1v) is 17.5. The molecule has 3 aromatic heterocycles. The van der Waals surface area contributed by atoms with Gasteiger partial charge in [-0.2, -0.15) is 4.39 Å². The molecule has 9 nitrogen and oxygen atoms in total. The van der Waals surface area contributed by atoms with Crippen LogP contribution in [0, 0.1) is 11.9 Å².